The van der Waals surface area contributed by atoms with Crippen LogP contribution < -0.4 is 0 Å². The van der Waals surface area contributed by atoms with Gasteiger partial charge in [0.2, 0.25) is 9.76 Å². The van der Waals surface area contributed by atoms with Crippen LogP contribution in [0.2, 0.25) is 23.2 Å². The van der Waals surface area contributed by atoms with Gasteiger partial charge in [0.1, 0.15) is 0 Å². The maximum atomic E-state index is 12.8. The monoisotopic (exact) mass is 386 g/mol. The van der Waals surface area contributed by atoms with Gasteiger partial charge in [0.15, 0.2) is 0 Å². The highest BCUT2D eigenvalue weighted by molar-refractivity contribution is 6.78. The van der Waals surface area contributed by atoms with Gasteiger partial charge >= 0.3 is 0 Å². The van der Waals surface area contributed by atoms with Crippen molar-refractivity contribution in [3.05, 3.63) is 0 Å². The quantitative estimate of drug-likeness (QED) is 0.387. The SMILES string of the molecule is CCCC[Si](CCCC)(OC(=O)C(C)C[Si]OC(C)(C)C)C(C)(C)C. The average Bonchev–Trinajstić information content (AvgIpc) is 2.47. The molecule has 0 aromatic carbocycles. The fraction of sp³-hybridized carbons (Fsp3) is 0.950. The van der Waals surface area contributed by atoms with Gasteiger partial charge in [0.05, 0.1) is 5.92 Å². The van der Waals surface area contributed by atoms with Gasteiger partial charge in [-0.2, -0.15) is 0 Å². The van der Waals surface area contributed by atoms with Crippen LogP contribution in [0, 0.1) is 5.92 Å². The third-order valence-electron chi connectivity index (χ3n) is 4.70. The molecule has 0 saturated carbocycles. The molecule has 0 bridgehead atoms. The maximum absolute atomic E-state index is 12.8. The number of hydrogen-bond acceptors (Lipinski definition) is 3. The normalized spacial score (nSPS) is 14.4. The lowest BCUT2D eigenvalue weighted by atomic mass is 10.2. The number of unbranched alkanes of at least 4 members (excludes halogenated alkanes) is 2. The van der Waals surface area contributed by atoms with Gasteiger partial charge in [-0.25, -0.2) is 0 Å². The van der Waals surface area contributed by atoms with Crippen LogP contribution in [0.1, 0.15) is 88.0 Å². The summed E-state index contributed by atoms with van der Waals surface area (Å²) in [5.74, 6) is -0.0861. The Morgan fingerprint density at radius 2 is 1.48 bits per heavy atom. The van der Waals surface area contributed by atoms with E-state index in [4.69, 9.17) is 8.85 Å². The zero-order valence-electron chi connectivity index (χ0n) is 18.3. The Morgan fingerprint density at radius 1 is 1.00 bits per heavy atom. The molecule has 0 fully saturated rings. The second-order valence-corrected chi connectivity index (χ2v) is 14.9. The molecule has 3 nitrogen and oxygen atoms in total. The third kappa shape index (κ3) is 9.39. The van der Waals surface area contributed by atoms with E-state index >= 15 is 0 Å². The van der Waals surface area contributed by atoms with Crippen LogP contribution in [0.25, 0.3) is 0 Å². The van der Waals surface area contributed by atoms with Crippen molar-refractivity contribution in [1.82, 2.24) is 0 Å². The highest BCUT2D eigenvalue weighted by Crippen LogP contribution is 2.45. The van der Waals surface area contributed by atoms with Gasteiger partial charge in [-0.3, -0.25) is 4.79 Å². The lowest BCUT2D eigenvalue weighted by molar-refractivity contribution is -0.139. The van der Waals surface area contributed by atoms with Crippen LogP contribution in [-0.2, 0) is 13.6 Å². The number of hydrogen-bond donors (Lipinski definition) is 0. The van der Waals surface area contributed by atoms with E-state index in [1.54, 1.807) is 0 Å². The summed E-state index contributed by atoms with van der Waals surface area (Å²) in [6.45, 7) is 19.4. The smallest absolute Gasteiger partial charge is 0.295 e. The summed E-state index contributed by atoms with van der Waals surface area (Å²) in [6, 6.07) is 2.94. The van der Waals surface area contributed by atoms with E-state index in [0.29, 0.717) is 9.76 Å². The first-order valence-corrected chi connectivity index (χ1v) is 13.5. The van der Waals surface area contributed by atoms with Gasteiger partial charge in [-0.15, -0.1) is 0 Å². The van der Waals surface area contributed by atoms with E-state index in [1.165, 1.54) is 0 Å². The van der Waals surface area contributed by atoms with Crippen LogP contribution in [-0.4, -0.2) is 29.7 Å². The number of carbonyl (C=O) groups excluding carboxylic acids is 1. The van der Waals surface area contributed by atoms with Gasteiger partial charge in [-0.1, -0.05) is 67.2 Å². The Bertz CT molecular complexity index is 375. The van der Waals surface area contributed by atoms with Crippen molar-refractivity contribution in [2.45, 2.75) is 117 Å². The molecule has 0 aliphatic heterocycles. The fourth-order valence-electron chi connectivity index (χ4n) is 2.81. The largest absolute Gasteiger partial charge is 0.518 e. The van der Waals surface area contributed by atoms with Gasteiger partial charge in [-0.05, 0) is 43.9 Å². The van der Waals surface area contributed by atoms with Gasteiger partial charge < -0.3 is 8.85 Å². The summed E-state index contributed by atoms with van der Waals surface area (Å²) >= 11 is 0. The number of rotatable bonds is 11. The molecule has 148 valence electrons. The highest BCUT2D eigenvalue weighted by Gasteiger charge is 2.48. The lowest BCUT2D eigenvalue weighted by Gasteiger charge is -2.42. The first-order valence-electron chi connectivity index (χ1n) is 10.0. The Morgan fingerprint density at radius 3 is 1.84 bits per heavy atom. The molecule has 0 N–H and O–H groups in total. The summed E-state index contributed by atoms with van der Waals surface area (Å²) in [5.41, 5.74) is -0.145. The van der Waals surface area contributed by atoms with E-state index < -0.39 is 8.32 Å². The van der Waals surface area contributed by atoms with Crippen molar-refractivity contribution in [1.29, 1.82) is 0 Å². The molecule has 0 rings (SSSR count). The standard InChI is InChI=1S/C20H42O3Si2/c1-10-12-14-25(15-13-11-2,20(7,8)9)22-18(21)17(3)16-24-23-19(4,5)6/h17H,10-16H2,1-9H3. The maximum Gasteiger partial charge on any atom is 0.295 e. The Hall–Kier alpha value is -0.136. The minimum atomic E-state index is -2.13. The Kier molecular flexibility index (Phi) is 10.8. The second-order valence-electron chi connectivity index (χ2n) is 9.34. The minimum absolute atomic E-state index is 0.00110. The van der Waals surface area contributed by atoms with Crippen molar-refractivity contribution in [3.8, 4) is 0 Å². The molecule has 0 amide bonds. The van der Waals surface area contributed by atoms with Crippen molar-refractivity contribution < 1.29 is 13.6 Å². The first kappa shape index (κ1) is 24.9. The molecule has 5 heteroatoms. The molecule has 0 spiro atoms. The summed E-state index contributed by atoms with van der Waals surface area (Å²) in [7, 11) is -1.78. The van der Waals surface area contributed by atoms with Gasteiger partial charge in [0.25, 0.3) is 14.3 Å². The van der Waals surface area contributed by atoms with Crippen molar-refractivity contribution in [2.24, 2.45) is 5.92 Å². The average molecular weight is 387 g/mol. The van der Waals surface area contributed by atoms with Crippen molar-refractivity contribution in [3.63, 3.8) is 0 Å². The molecule has 1 unspecified atom stereocenters. The third-order valence-corrected chi connectivity index (χ3v) is 11.9. The summed E-state index contributed by atoms with van der Waals surface area (Å²) in [6.07, 6.45) is 4.63. The highest BCUT2D eigenvalue weighted by atomic mass is 28.4. The van der Waals surface area contributed by atoms with Crippen molar-refractivity contribution in [2.75, 3.05) is 0 Å². The fourth-order valence-corrected chi connectivity index (χ4v) is 8.44. The van der Waals surface area contributed by atoms with Gasteiger partial charge in [0, 0.05) is 5.60 Å². The summed E-state index contributed by atoms with van der Waals surface area (Å²) in [5, 5.41) is 0.0803. The topological polar surface area (TPSA) is 35.5 Å². The molecule has 0 saturated heterocycles. The molecular weight excluding hydrogens is 344 g/mol. The number of carbonyl (C=O) groups is 1. The minimum Gasteiger partial charge on any atom is -0.518 e. The van der Waals surface area contributed by atoms with Crippen LogP contribution in [0.3, 0.4) is 0 Å². The van der Waals surface area contributed by atoms with Crippen LogP contribution in [0.5, 0.6) is 0 Å². The Labute approximate surface area is 160 Å². The predicted molar refractivity (Wildman–Crippen MR) is 112 cm³/mol. The molecule has 2 radical (unpaired) electrons. The second kappa shape index (κ2) is 10.9. The Balaban J connectivity index is 5.04. The van der Waals surface area contributed by atoms with Crippen molar-refractivity contribution >= 4 is 24.0 Å². The van der Waals surface area contributed by atoms with E-state index in [-0.39, 0.29) is 22.5 Å². The zero-order chi connectivity index (χ0) is 19.7. The van der Waals surface area contributed by atoms with Crippen LogP contribution >= 0.6 is 0 Å². The van der Waals surface area contributed by atoms with E-state index in [1.807, 2.05) is 6.92 Å². The van der Waals surface area contributed by atoms with E-state index in [2.05, 4.69) is 55.4 Å². The molecule has 0 aliphatic carbocycles. The molecule has 0 aromatic rings. The molecule has 0 aromatic heterocycles. The zero-order valence-corrected chi connectivity index (χ0v) is 20.3. The van der Waals surface area contributed by atoms with Crippen LogP contribution in [0.15, 0.2) is 0 Å². The van der Waals surface area contributed by atoms with E-state index in [9.17, 15) is 4.79 Å². The molecule has 0 aliphatic rings. The molecular formula is C20H42O3Si2. The predicted octanol–water partition coefficient (Wildman–Crippen LogP) is 6.36. The molecule has 0 heterocycles. The first-order chi connectivity index (χ1) is 11.4. The molecule has 25 heavy (non-hydrogen) atoms. The van der Waals surface area contributed by atoms with E-state index in [0.717, 1.165) is 43.8 Å². The molecule has 1 atom stereocenters. The lowest BCUT2D eigenvalue weighted by Crippen LogP contribution is -2.49. The summed E-state index contributed by atoms with van der Waals surface area (Å²) in [4.78, 5) is 12.8. The van der Waals surface area contributed by atoms with Crippen LogP contribution in [0.4, 0.5) is 0 Å². The summed E-state index contributed by atoms with van der Waals surface area (Å²) < 4.78 is 12.2.